The molecule has 0 aliphatic carbocycles. The van der Waals surface area contributed by atoms with Gasteiger partial charge in [0.1, 0.15) is 0 Å². The Morgan fingerprint density at radius 3 is 2.79 bits per heavy atom. The summed E-state index contributed by atoms with van der Waals surface area (Å²) in [5.41, 5.74) is 3.60. The summed E-state index contributed by atoms with van der Waals surface area (Å²) in [5, 5.41) is 5.69. The Bertz CT molecular complexity index is 792. The molecule has 2 aromatic carbocycles. The van der Waals surface area contributed by atoms with Crippen molar-refractivity contribution in [3.8, 4) is 0 Å². The van der Waals surface area contributed by atoms with Crippen molar-refractivity contribution >= 4 is 34.9 Å². The van der Waals surface area contributed by atoms with Crippen LogP contribution >= 0.6 is 11.6 Å². The first-order valence-corrected chi connectivity index (χ1v) is 8.11. The van der Waals surface area contributed by atoms with Crippen LogP contribution < -0.4 is 15.5 Å². The molecule has 0 aromatic heterocycles. The average Bonchev–Trinajstić information content (AvgIpc) is 2.99. The molecule has 1 aliphatic rings. The van der Waals surface area contributed by atoms with Gasteiger partial charge in [-0.15, -0.1) is 0 Å². The highest BCUT2D eigenvalue weighted by molar-refractivity contribution is 6.33. The number of carbonyl (C=O) groups is 2. The number of anilines is 2. The summed E-state index contributed by atoms with van der Waals surface area (Å²) in [7, 11) is 0. The van der Waals surface area contributed by atoms with Gasteiger partial charge in [0.25, 0.3) is 0 Å². The van der Waals surface area contributed by atoms with Crippen LogP contribution in [0.25, 0.3) is 0 Å². The number of aryl methyl sites for hydroxylation is 1. The summed E-state index contributed by atoms with van der Waals surface area (Å²) in [4.78, 5) is 26.0. The smallest absolute Gasteiger partial charge is 0.319 e. The number of carbonyl (C=O) groups excluding carboxylic acids is 2. The Kier molecular flexibility index (Phi) is 4.71. The van der Waals surface area contributed by atoms with E-state index in [-0.39, 0.29) is 12.5 Å². The van der Waals surface area contributed by atoms with Gasteiger partial charge in [-0.05, 0) is 42.7 Å². The number of fused-ring (bicyclic) bond motifs is 1. The van der Waals surface area contributed by atoms with Gasteiger partial charge in [-0.25, -0.2) is 4.79 Å². The molecule has 0 spiro atoms. The molecule has 1 heterocycles. The molecule has 2 aromatic rings. The Hall–Kier alpha value is -2.53. The predicted molar refractivity (Wildman–Crippen MR) is 95.7 cm³/mol. The van der Waals surface area contributed by atoms with Crippen molar-refractivity contribution in [2.45, 2.75) is 13.3 Å². The van der Waals surface area contributed by atoms with Gasteiger partial charge >= 0.3 is 6.03 Å². The number of amides is 3. The third-order valence-corrected chi connectivity index (χ3v) is 4.27. The lowest BCUT2D eigenvalue weighted by Crippen LogP contribution is -2.41. The summed E-state index contributed by atoms with van der Waals surface area (Å²) in [6.45, 7) is 2.50. The molecule has 124 valence electrons. The van der Waals surface area contributed by atoms with E-state index in [1.807, 2.05) is 37.3 Å². The molecule has 0 atom stereocenters. The number of hydrogen-bond acceptors (Lipinski definition) is 2. The van der Waals surface area contributed by atoms with Crippen LogP contribution in [-0.2, 0) is 11.2 Å². The lowest BCUT2D eigenvalue weighted by Gasteiger charge is -2.17. The molecule has 24 heavy (non-hydrogen) atoms. The van der Waals surface area contributed by atoms with Crippen LogP contribution in [0, 0.1) is 6.92 Å². The largest absolute Gasteiger partial charge is 0.329 e. The molecule has 6 heteroatoms. The standard InChI is InChI=1S/C18H18ClN3O2/c1-12-6-7-15(14(19)10-12)21-18(24)20-11-17(23)22-9-8-13-4-2-3-5-16(13)22/h2-7,10H,8-9,11H2,1H3,(H2,20,21,24). The monoisotopic (exact) mass is 343 g/mol. The summed E-state index contributed by atoms with van der Waals surface area (Å²) >= 11 is 6.08. The maximum atomic E-state index is 12.3. The van der Waals surface area contributed by atoms with Crippen LogP contribution in [0.1, 0.15) is 11.1 Å². The highest BCUT2D eigenvalue weighted by Crippen LogP contribution is 2.27. The van der Waals surface area contributed by atoms with Crippen molar-refractivity contribution in [3.05, 3.63) is 58.6 Å². The molecular weight excluding hydrogens is 326 g/mol. The molecule has 0 saturated carbocycles. The molecule has 0 saturated heterocycles. The van der Waals surface area contributed by atoms with E-state index in [1.54, 1.807) is 17.0 Å². The van der Waals surface area contributed by atoms with Gasteiger partial charge in [0.15, 0.2) is 0 Å². The van der Waals surface area contributed by atoms with Gasteiger partial charge in [0, 0.05) is 12.2 Å². The van der Waals surface area contributed by atoms with Crippen molar-refractivity contribution in [3.63, 3.8) is 0 Å². The molecule has 0 bridgehead atoms. The van der Waals surface area contributed by atoms with E-state index in [1.165, 1.54) is 0 Å². The van der Waals surface area contributed by atoms with Gasteiger partial charge in [-0.2, -0.15) is 0 Å². The molecule has 5 nitrogen and oxygen atoms in total. The van der Waals surface area contributed by atoms with E-state index in [9.17, 15) is 9.59 Å². The third-order valence-electron chi connectivity index (χ3n) is 3.96. The molecule has 0 radical (unpaired) electrons. The van der Waals surface area contributed by atoms with E-state index in [2.05, 4.69) is 10.6 Å². The van der Waals surface area contributed by atoms with Crippen LogP contribution in [-0.4, -0.2) is 25.0 Å². The molecule has 2 N–H and O–H groups in total. The van der Waals surface area contributed by atoms with Crippen molar-refractivity contribution in [2.24, 2.45) is 0 Å². The SMILES string of the molecule is Cc1ccc(NC(=O)NCC(=O)N2CCc3ccccc32)c(Cl)c1. The topological polar surface area (TPSA) is 61.4 Å². The van der Waals surface area contributed by atoms with Crippen molar-refractivity contribution in [2.75, 3.05) is 23.3 Å². The number of rotatable bonds is 3. The van der Waals surface area contributed by atoms with Gasteiger partial charge < -0.3 is 15.5 Å². The summed E-state index contributed by atoms with van der Waals surface area (Å²) in [6.07, 6.45) is 0.840. The van der Waals surface area contributed by atoms with Crippen LogP contribution in [0.5, 0.6) is 0 Å². The maximum Gasteiger partial charge on any atom is 0.319 e. The van der Waals surface area contributed by atoms with Crippen molar-refractivity contribution < 1.29 is 9.59 Å². The molecule has 3 amide bonds. The van der Waals surface area contributed by atoms with Crippen molar-refractivity contribution in [1.82, 2.24) is 5.32 Å². The molecule has 0 unspecified atom stereocenters. The zero-order chi connectivity index (χ0) is 17.1. The second-order valence-electron chi connectivity index (χ2n) is 5.72. The minimum absolute atomic E-state index is 0.0658. The molecule has 1 aliphatic heterocycles. The zero-order valence-electron chi connectivity index (χ0n) is 13.3. The lowest BCUT2D eigenvalue weighted by atomic mass is 10.2. The molecular formula is C18H18ClN3O2. The molecule has 0 fully saturated rings. The summed E-state index contributed by atoms with van der Waals surface area (Å²) in [6, 6.07) is 12.7. The van der Waals surface area contributed by atoms with Gasteiger partial charge in [-0.1, -0.05) is 35.9 Å². The van der Waals surface area contributed by atoms with Crippen LogP contribution in [0.4, 0.5) is 16.2 Å². The average molecular weight is 344 g/mol. The Labute approximate surface area is 145 Å². The number of halogens is 1. The Morgan fingerprint density at radius 1 is 1.21 bits per heavy atom. The fourth-order valence-corrected chi connectivity index (χ4v) is 3.02. The van der Waals surface area contributed by atoms with Gasteiger partial charge in [-0.3, -0.25) is 4.79 Å². The van der Waals surface area contributed by atoms with Gasteiger partial charge in [0.05, 0.1) is 17.3 Å². The van der Waals surface area contributed by atoms with Crippen molar-refractivity contribution in [1.29, 1.82) is 0 Å². The number of nitrogens with zero attached hydrogens (tertiary/aromatic N) is 1. The Balaban J connectivity index is 1.56. The Morgan fingerprint density at radius 2 is 2.00 bits per heavy atom. The second-order valence-corrected chi connectivity index (χ2v) is 6.12. The number of benzene rings is 2. The van der Waals surface area contributed by atoms with E-state index in [4.69, 9.17) is 11.6 Å². The zero-order valence-corrected chi connectivity index (χ0v) is 14.1. The predicted octanol–water partition coefficient (Wildman–Crippen LogP) is 3.36. The van der Waals surface area contributed by atoms with E-state index in [0.29, 0.717) is 17.3 Å². The van der Waals surface area contributed by atoms with E-state index < -0.39 is 6.03 Å². The van der Waals surface area contributed by atoms with E-state index >= 15 is 0 Å². The normalized spacial score (nSPS) is 12.7. The van der Waals surface area contributed by atoms with Crippen LogP contribution in [0.2, 0.25) is 5.02 Å². The van der Waals surface area contributed by atoms with Gasteiger partial charge in [0.2, 0.25) is 5.91 Å². The number of para-hydroxylation sites is 1. The highest BCUT2D eigenvalue weighted by atomic mass is 35.5. The maximum absolute atomic E-state index is 12.3. The lowest BCUT2D eigenvalue weighted by molar-refractivity contribution is -0.117. The van der Waals surface area contributed by atoms with Crippen LogP contribution in [0.15, 0.2) is 42.5 Å². The minimum Gasteiger partial charge on any atom is -0.329 e. The first kappa shape index (κ1) is 16.3. The summed E-state index contributed by atoms with van der Waals surface area (Å²) < 4.78 is 0. The number of urea groups is 1. The minimum atomic E-state index is -0.457. The first-order chi connectivity index (χ1) is 11.5. The first-order valence-electron chi connectivity index (χ1n) is 7.74. The molecule has 3 rings (SSSR count). The van der Waals surface area contributed by atoms with E-state index in [0.717, 1.165) is 23.2 Å². The van der Waals surface area contributed by atoms with Crippen LogP contribution in [0.3, 0.4) is 0 Å². The number of hydrogen-bond donors (Lipinski definition) is 2. The summed E-state index contributed by atoms with van der Waals surface area (Å²) in [5.74, 6) is -0.134. The highest BCUT2D eigenvalue weighted by Gasteiger charge is 2.24. The third kappa shape index (κ3) is 3.51. The fourth-order valence-electron chi connectivity index (χ4n) is 2.74. The fraction of sp³-hybridized carbons (Fsp3) is 0.222. The number of nitrogens with one attached hydrogen (secondary N) is 2. The second kappa shape index (κ2) is 6.93. The quantitative estimate of drug-likeness (QED) is 0.897.